The minimum absolute atomic E-state index is 0.134. The molecule has 86 valence electrons. The second-order valence-corrected chi connectivity index (χ2v) is 3.76. The van der Waals surface area contributed by atoms with E-state index < -0.39 is 11.6 Å². The van der Waals surface area contributed by atoms with Crippen LogP contribution in [0.15, 0.2) is 42.5 Å². The molecule has 0 spiro atoms. The molecule has 0 unspecified atom stereocenters. The third-order valence-electron chi connectivity index (χ3n) is 2.48. The van der Waals surface area contributed by atoms with Crippen LogP contribution in [0.5, 0.6) is 0 Å². The SMILES string of the molecule is CC(=O)c1ccccc1-c1cc(F)cc(F)c1. The molecular weight excluding hydrogens is 222 g/mol. The van der Waals surface area contributed by atoms with Gasteiger partial charge in [0.15, 0.2) is 5.78 Å². The van der Waals surface area contributed by atoms with E-state index in [1.54, 1.807) is 24.3 Å². The Morgan fingerprint density at radius 2 is 1.59 bits per heavy atom. The molecule has 0 radical (unpaired) electrons. The van der Waals surface area contributed by atoms with Crippen LogP contribution in [0.4, 0.5) is 8.78 Å². The summed E-state index contributed by atoms with van der Waals surface area (Å²) in [7, 11) is 0. The average Bonchev–Trinajstić information content (AvgIpc) is 2.27. The molecule has 0 atom stereocenters. The van der Waals surface area contributed by atoms with E-state index in [2.05, 4.69) is 0 Å². The minimum atomic E-state index is -0.654. The third kappa shape index (κ3) is 2.38. The van der Waals surface area contributed by atoms with Crippen molar-refractivity contribution < 1.29 is 13.6 Å². The van der Waals surface area contributed by atoms with Crippen LogP contribution in [-0.4, -0.2) is 5.78 Å². The Kier molecular flexibility index (Phi) is 3.00. The summed E-state index contributed by atoms with van der Waals surface area (Å²) >= 11 is 0. The summed E-state index contributed by atoms with van der Waals surface area (Å²) in [5.41, 5.74) is 1.37. The molecule has 3 heteroatoms. The maximum absolute atomic E-state index is 13.1. The number of carbonyl (C=O) groups is 1. The van der Waals surface area contributed by atoms with E-state index in [9.17, 15) is 13.6 Å². The van der Waals surface area contributed by atoms with E-state index in [-0.39, 0.29) is 5.78 Å². The first-order valence-electron chi connectivity index (χ1n) is 5.14. The fourth-order valence-electron chi connectivity index (χ4n) is 1.75. The highest BCUT2D eigenvalue weighted by molar-refractivity contribution is 6.00. The topological polar surface area (TPSA) is 17.1 Å². The van der Waals surface area contributed by atoms with Gasteiger partial charge in [0.1, 0.15) is 11.6 Å². The van der Waals surface area contributed by atoms with Crippen molar-refractivity contribution in [3.8, 4) is 11.1 Å². The Labute approximate surface area is 97.7 Å². The molecule has 0 aliphatic rings. The zero-order chi connectivity index (χ0) is 12.4. The number of carbonyl (C=O) groups excluding carboxylic acids is 1. The lowest BCUT2D eigenvalue weighted by Crippen LogP contribution is -1.96. The van der Waals surface area contributed by atoms with Gasteiger partial charge in [-0.05, 0) is 30.2 Å². The lowest BCUT2D eigenvalue weighted by molar-refractivity contribution is 0.101. The molecule has 0 saturated carbocycles. The predicted molar refractivity (Wildman–Crippen MR) is 61.8 cm³/mol. The number of rotatable bonds is 2. The second-order valence-electron chi connectivity index (χ2n) is 3.76. The number of Topliss-reactive ketones (excluding diaryl/α,β-unsaturated/α-hetero) is 1. The van der Waals surface area contributed by atoms with Crippen LogP contribution < -0.4 is 0 Å². The summed E-state index contributed by atoms with van der Waals surface area (Å²) in [5.74, 6) is -1.44. The Hall–Kier alpha value is -2.03. The molecule has 17 heavy (non-hydrogen) atoms. The van der Waals surface area contributed by atoms with Crippen molar-refractivity contribution in [2.75, 3.05) is 0 Å². The van der Waals surface area contributed by atoms with Crippen molar-refractivity contribution >= 4 is 5.78 Å². The van der Waals surface area contributed by atoms with Crippen LogP contribution in [0.1, 0.15) is 17.3 Å². The molecule has 1 nitrogen and oxygen atoms in total. The van der Waals surface area contributed by atoms with Gasteiger partial charge in [-0.15, -0.1) is 0 Å². The van der Waals surface area contributed by atoms with Crippen LogP contribution in [-0.2, 0) is 0 Å². The highest BCUT2D eigenvalue weighted by atomic mass is 19.1. The molecule has 2 rings (SSSR count). The molecule has 0 saturated heterocycles. The van der Waals surface area contributed by atoms with E-state index in [1.165, 1.54) is 19.1 Å². The standard InChI is InChI=1S/C14H10F2O/c1-9(17)13-4-2-3-5-14(13)10-6-11(15)8-12(16)7-10/h2-8H,1H3. The maximum Gasteiger partial charge on any atom is 0.160 e. The molecule has 0 aliphatic carbocycles. The number of hydrogen-bond donors (Lipinski definition) is 0. The first-order chi connectivity index (χ1) is 8.08. The summed E-state index contributed by atoms with van der Waals surface area (Å²) in [6, 6.07) is 9.99. The van der Waals surface area contributed by atoms with Gasteiger partial charge in [0.2, 0.25) is 0 Å². The lowest BCUT2D eigenvalue weighted by Gasteiger charge is -2.07. The van der Waals surface area contributed by atoms with Gasteiger partial charge in [-0.3, -0.25) is 4.79 Å². The maximum atomic E-state index is 13.1. The van der Waals surface area contributed by atoms with E-state index in [0.29, 0.717) is 16.7 Å². The fourth-order valence-corrected chi connectivity index (χ4v) is 1.75. The van der Waals surface area contributed by atoms with Gasteiger partial charge in [-0.25, -0.2) is 8.78 Å². The van der Waals surface area contributed by atoms with Gasteiger partial charge in [-0.2, -0.15) is 0 Å². The monoisotopic (exact) mass is 232 g/mol. The van der Waals surface area contributed by atoms with Crippen LogP contribution >= 0.6 is 0 Å². The van der Waals surface area contributed by atoms with E-state index in [0.717, 1.165) is 6.07 Å². The summed E-state index contributed by atoms with van der Waals surface area (Å²) in [5, 5.41) is 0. The van der Waals surface area contributed by atoms with Crippen LogP contribution in [0.25, 0.3) is 11.1 Å². The highest BCUT2D eigenvalue weighted by Crippen LogP contribution is 2.25. The second kappa shape index (κ2) is 4.45. The van der Waals surface area contributed by atoms with Gasteiger partial charge >= 0.3 is 0 Å². The Balaban J connectivity index is 2.64. The number of ketones is 1. The fraction of sp³-hybridized carbons (Fsp3) is 0.0714. The Morgan fingerprint density at radius 3 is 2.18 bits per heavy atom. The van der Waals surface area contributed by atoms with Gasteiger partial charge in [0.25, 0.3) is 0 Å². The Morgan fingerprint density at radius 1 is 1.00 bits per heavy atom. The van der Waals surface area contributed by atoms with Gasteiger partial charge in [-0.1, -0.05) is 24.3 Å². The molecule has 0 heterocycles. The molecule has 0 N–H and O–H groups in total. The summed E-state index contributed by atoms with van der Waals surface area (Å²) in [6.45, 7) is 1.43. The minimum Gasteiger partial charge on any atom is -0.294 e. The molecule has 0 aliphatic heterocycles. The van der Waals surface area contributed by atoms with Crippen LogP contribution in [0.2, 0.25) is 0 Å². The van der Waals surface area contributed by atoms with Crippen LogP contribution in [0, 0.1) is 11.6 Å². The van der Waals surface area contributed by atoms with Crippen molar-refractivity contribution in [3.63, 3.8) is 0 Å². The first-order valence-corrected chi connectivity index (χ1v) is 5.14. The van der Waals surface area contributed by atoms with Gasteiger partial charge < -0.3 is 0 Å². The van der Waals surface area contributed by atoms with Crippen LogP contribution in [0.3, 0.4) is 0 Å². The van der Waals surface area contributed by atoms with Crippen molar-refractivity contribution in [1.82, 2.24) is 0 Å². The lowest BCUT2D eigenvalue weighted by atomic mass is 9.97. The van der Waals surface area contributed by atoms with E-state index in [4.69, 9.17) is 0 Å². The molecule has 0 aromatic heterocycles. The van der Waals surface area contributed by atoms with Crippen molar-refractivity contribution in [3.05, 3.63) is 59.7 Å². The number of hydrogen-bond acceptors (Lipinski definition) is 1. The third-order valence-corrected chi connectivity index (χ3v) is 2.48. The zero-order valence-corrected chi connectivity index (χ0v) is 9.21. The van der Waals surface area contributed by atoms with Crippen molar-refractivity contribution in [2.45, 2.75) is 6.92 Å². The predicted octanol–water partition coefficient (Wildman–Crippen LogP) is 3.83. The molecule has 0 bridgehead atoms. The first kappa shape index (κ1) is 11.5. The zero-order valence-electron chi connectivity index (χ0n) is 9.21. The number of benzene rings is 2. The smallest absolute Gasteiger partial charge is 0.160 e. The summed E-state index contributed by atoms with van der Waals surface area (Å²) < 4.78 is 26.2. The highest BCUT2D eigenvalue weighted by Gasteiger charge is 2.10. The molecule has 2 aromatic carbocycles. The van der Waals surface area contributed by atoms with E-state index >= 15 is 0 Å². The van der Waals surface area contributed by atoms with Gasteiger partial charge in [0, 0.05) is 11.6 Å². The Bertz CT molecular complexity index is 556. The average molecular weight is 232 g/mol. The summed E-state index contributed by atoms with van der Waals surface area (Å²) in [6.07, 6.45) is 0. The van der Waals surface area contributed by atoms with Crippen molar-refractivity contribution in [2.24, 2.45) is 0 Å². The largest absolute Gasteiger partial charge is 0.294 e. The molecule has 2 aromatic rings. The van der Waals surface area contributed by atoms with Crippen molar-refractivity contribution in [1.29, 1.82) is 0 Å². The molecular formula is C14H10F2O. The normalized spacial score (nSPS) is 10.3. The van der Waals surface area contributed by atoms with Gasteiger partial charge in [0.05, 0.1) is 0 Å². The van der Waals surface area contributed by atoms with E-state index in [1.807, 2.05) is 0 Å². The number of halogens is 2. The molecule has 0 fully saturated rings. The quantitative estimate of drug-likeness (QED) is 0.719. The molecule has 0 amide bonds. The summed E-state index contributed by atoms with van der Waals surface area (Å²) in [4.78, 5) is 11.4.